The van der Waals surface area contributed by atoms with E-state index in [-0.39, 0.29) is 18.0 Å². The third kappa shape index (κ3) is 3.75. The van der Waals surface area contributed by atoms with Gasteiger partial charge in [-0.25, -0.2) is 10.4 Å². The second-order valence-electron chi connectivity index (χ2n) is 6.96. The third-order valence-corrected chi connectivity index (χ3v) is 6.25. The molecule has 2 heterocycles. The predicted octanol–water partition coefficient (Wildman–Crippen LogP) is 3.05. The predicted molar refractivity (Wildman–Crippen MR) is 112 cm³/mol. The first kappa shape index (κ1) is 18.6. The van der Waals surface area contributed by atoms with Gasteiger partial charge in [-0.15, -0.1) is 11.3 Å². The van der Waals surface area contributed by atoms with Crippen LogP contribution in [0.1, 0.15) is 41.3 Å². The van der Waals surface area contributed by atoms with E-state index < -0.39 is 0 Å². The molecule has 1 aromatic carbocycles. The second kappa shape index (κ2) is 8.06. The molecule has 1 aliphatic rings. The molecule has 1 amide bonds. The number of fused-ring (bicyclic) bond motifs is 3. The summed E-state index contributed by atoms with van der Waals surface area (Å²) in [4.78, 5) is 31.5. The van der Waals surface area contributed by atoms with Crippen molar-refractivity contribution in [3.05, 3.63) is 62.5 Å². The molecule has 0 spiro atoms. The molecule has 0 bridgehead atoms. The Hall–Kier alpha value is -2.80. The van der Waals surface area contributed by atoms with Crippen LogP contribution in [0.3, 0.4) is 0 Å². The van der Waals surface area contributed by atoms with Crippen LogP contribution in [0.4, 0.5) is 0 Å². The Morgan fingerprint density at radius 2 is 2.07 bits per heavy atom. The van der Waals surface area contributed by atoms with E-state index in [4.69, 9.17) is 0 Å². The summed E-state index contributed by atoms with van der Waals surface area (Å²) >= 11 is 1.61. The van der Waals surface area contributed by atoms with Crippen LogP contribution in [0.25, 0.3) is 10.2 Å². The summed E-state index contributed by atoms with van der Waals surface area (Å²) in [7, 11) is 0. The normalized spacial score (nSPS) is 13.8. The third-order valence-electron chi connectivity index (χ3n) is 5.05. The zero-order chi connectivity index (χ0) is 19.5. The number of nitrogens with zero attached hydrogens (tertiary/aromatic N) is 3. The van der Waals surface area contributed by atoms with E-state index in [2.05, 4.69) is 22.4 Å². The summed E-state index contributed by atoms with van der Waals surface area (Å²) in [6, 6.07) is 7.98. The van der Waals surface area contributed by atoms with Gasteiger partial charge in [0.05, 0.1) is 17.9 Å². The molecule has 28 heavy (non-hydrogen) atoms. The smallest absolute Gasteiger partial charge is 0.262 e. The maximum Gasteiger partial charge on any atom is 0.262 e. The lowest BCUT2D eigenvalue weighted by Crippen LogP contribution is -2.30. The largest absolute Gasteiger partial charge is 0.289 e. The van der Waals surface area contributed by atoms with Gasteiger partial charge in [0.2, 0.25) is 0 Å². The van der Waals surface area contributed by atoms with Gasteiger partial charge in [0.1, 0.15) is 11.4 Å². The maximum atomic E-state index is 12.9. The van der Waals surface area contributed by atoms with E-state index in [1.54, 1.807) is 17.6 Å². The molecule has 3 aromatic rings. The van der Waals surface area contributed by atoms with Crippen LogP contribution in [-0.4, -0.2) is 21.7 Å². The lowest BCUT2D eigenvalue weighted by molar-refractivity contribution is -0.121. The molecule has 2 aromatic heterocycles. The van der Waals surface area contributed by atoms with E-state index in [0.717, 1.165) is 48.1 Å². The average Bonchev–Trinajstić information content (AvgIpc) is 3.10. The first-order chi connectivity index (χ1) is 13.7. The van der Waals surface area contributed by atoms with Crippen LogP contribution in [0, 0.1) is 0 Å². The van der Waals surface area contributed by atoms with Crippen LogP contribution in [-0.2, 0) is 30.6 Å². The van der Waals surface area contributed by atoms with E-state index in [0.29, 0.717) is 5.39 Å². The van der Waals surface area contributed by atoms with Crippen molar-refractivity contribution in [3.8, 4) is 0 Å². The summed E-state index contributed by atoms with van der Waals surface area (Å²) in [6.45, 7) is 2.00. The molecule has 144 valence electrons. The summed E-state index contributed by atoms with van der Waals surface area (Å²) < 4.78 is 1.37. The highest BCUT2D eigenvalue weighted by Gasteiger charge is 2.20. The number of aromatic nitrogens is 2. The Morgan fingerprint density at radius 3 is 2.86 bits per heavy atom. The number of thiophene rings is 1. The Morgan fingerprint density at radius 1 is 1.29 bits per heavy atom. The van der Waals surface area contributed by atoms with Crippen LogP contribution >= 0.6 is 11.3 Å². The molecular formula is C21H22N4O2S. The number of hydrazone groups is 1. The Balaban J connectivity index is 1.46. The van der Waals surface area contributed by atoms with Gasteiger partial charge in [-0.1, -0.05) is 31.2 Å². The van der Waals surface area contributed by atoms with Gasteiger partial charge < -0.3 is 0 Å². The summed E-state index contributed by atoms with van der Waals surface area (Å²) in [5, 5.41) is 4.68. The first-order valence-corrected chi connectivity index (χ1v) is 10.4. The number of carbonyl (C=O) groups excluding carboxylic acids is 1. The van der Waals surface area contributed by atoms with Crippen molar-refractivity contribution in [1.29, 1.82) is 0 Å². The Bertz CT molecular complexity index is 1100. The van der Waals surface area contributed by atoms with Gasteiger partial charge in [0, 0.05) is 4.88 Å². The minimum Gasteiger partial charge on any atom is -0.289 e. The van der Waals surface area contributed by atoms with Crippen molar-refractivity contribution in [1.82, 2.24) is 15.0 Å². The molecule has 0 saturated carbocycles. The van der Waals surface area contributed by atoms with Crippen molar-refractivity contribution in [2.24, 2.45) is 5.10 Å². The first-order valence-electron chi connectivity index (χ1n) is 9.56. The molecule has 1 aliphatic carbocycles. The summed E-state index contributed by atoms with van der Waals surface area (Å²) in [5.41, 5.74) is 5.63. The highest BCUT2D eigenvalue weighted by Crippen LogP contribution is 2.33. The molecular weight excluding hydrogens is 372 g/mol. The lowest BCUT2D eigenvalue weighted by Gasteiger charge is -2.10. The molecule has 1 N–H and O–H groups in total. The lowest BCUT2D eigenvalue weighted by atomic mass is 9.97. The quantitative estimate of drug-likeness (QED) is 0.534. The number of carbonyl (C=O) groups is 1. The number of benzene rings is 1. The van der Waals surface area contributed by atoms with Crippen molar-refractivity contribution in [3.63, 3.8) is 0 Å². The van der Waals surface area contributed by atoms with Gasteiger partial charge in [-0.3, -0.25) is 14.2 Å². The van der Waals surface area contributed by atoms with Crippen molar-refractivity contribution >= 4 is 33.7 Å². The van der Waals surface area contributed by atoms with Gasteiger partial charge in [-0.2, -0.15) is 5.10 Å². The molecule has 4 rings (SSSR count). The summed E-state index contributed by atoms with van der Waals surface area (Å²) in [6.07, 6.45) is 8.23. The maximum absolute atomic E-state index is 12.9. The minimum absolute atomic E-state index is 0.0987. The number of hydrogen-bond acceptors (Lipinski definition) is 5. The molecule has 0 saturated heterocycles. The van der Waals surface area contributed by atoms with Crippen molar-refractivity contribution < 1.29 is 4.79 Å². The molecule has 0 fully saturated rings. The van der Waals surface area contributed by atoms with Gasteiger partial charge in [0.15, 0.2) is 0 Å². The number of nitrogens with one attached hydrogen (secondary N) is 1. The summed E-state index contributed by atoms with van der Waals surface area (Å²) in [5.74, 6) is -0.353. The highest BCUT2D eigenvalue weighted by atomic mass is 32.1. The van der Waals surface area contributed by atoms with Gasteiger partial charge in [0.25, 0.3) is 11.5 Å². The van der Waals surface area contributed by atoms with Crippen LogP contribution in [0.15, 0.2) is 40.5 Å². The monoisotopic (exact) mass is 394 g/mol. The fourth-order valence-electron chi connectivity index (χ4n) is 3.50. The second-order valence-corrected chi connectivity index (χ2v) is 8.04. The fourth-order valence-corrected chi connectivity index (χ4v) is 4.72. The Kier molecular flexibility index (Phi) is 5.34. The SMILES string of the molecule is CCc1ccc(/C=N\NC(=O)Cn2cnc3sc4c(c3c2=O)CCCC4)cc1. The standard InChI is InChI=1S/C21H22N4O2S/c1-2-14-7-9-15(10-8-14)11-23-24-18(26)12-25-13-22-20-19(21(25)27)16-5-3-4-6-17(16)28-20/h7-11,13H,2-6,12H2,1H3,(H,24,26)/b23-11-. The molecule has 6 nitrogen and oxygen atoms in total. The minimum atomic E-state index is -0.353. The van der Waals surface area contributed by atoms with Gasteiger partial charge in [-0.05, 0) is 48.8 Å². The number of aryl methyl sites for hydroxylation is 3. The number of amides is 1. The van der Waals surface area contributed by atoms with Crippen LogP contribution in [0.2, 0.25) is 0 Å². The average molecular weight is 395 g/mol. The van der Waals surface area contributed by atoms with Crippen LogP contribution < -0.4 is 11.0 Å². The van der Waals surface area contributed by atoms with Crippen molar-refractivity contribution in [2.75, 3.05) is 0 Å². The highest BCUT2D eigenvalue weighted by molar-refractivity contribution is 7.18. The number of rotatable bonds is 5. The van der Waals surface area contributed by atoms with E-state index in [9.17, 15) is 9.59 Å². The van der Waals surface area contributed by atoms with Crippen LogP contribution in [0.5, 0.6) is 0 Å². The Labute approximate surface area is 166 Å². The molecule has 7 heteroatoms. The molecule has 0 atom stereocenters. The van der Waals surface area contributed by atoms with Gasteiger partial charge >= 0.3 is 0 Å². The van der Waals surface area contributed by atoms with E-state index >= 15 is 0 Å². The van der Waals surface area contributed by atoms with E-state index in [1.807, 2.05) is 24.3 Å². The molecule has 0 unspecified atom stereocenters. The zero-order valence-corrected chi connectivity index (χ0v) is 16.6. The fraction of sp³-hybridized carbons (Fsp3) is 0.333. The van der Waals surface area contributed by atoms with E-state index in [1.165, 1.54) is 21.3 Å². The van der Waals surface area contributed by atoms with Crippen molar-refractivity contribution in [2.45, 2.75) is 45.6 Å². The molecule has 0 radical (unpaired) electrons. The molecule has 0 aliphatic heterocycles. The topological polar surface area (TPSA) is 76.3 Å². The number of hydrogen-bond donors (Lipinski definition) is 1. The zero-order valence-electron chi connectivity index (χ0n) is 15.8.